The van der Waals surface area contributed by atoms with Crippen molar-refractivity contribution in [3.05, 3.63) is 59.9 Å². The number of aryl methyl sites for hydroxylation is 2. The summed E-state index contributed by atoms with van der Waals surface area (Å²) in [6.07, 6.45) is 1.53. The molecule has 0 atom stereocenters. The molecule has 0 N–H and O–H groups in total. The zero-order valence-electron chi connectivity index (χ0n) is 10.9. The molecule has 3 nitrogen and oxygen atoms in total. The molecule has 3 rings (SSSR count). The van der Waals surface area contributed by atoms with E-state index in [0.29, 0.717) is 5.88 Å². The normalized spacial score (nSPS) is 10.6. The van der Waals surface area contributed by atoms with Crippen molar-refractivity contribution in [2.45, 2.75) is 13.8 Å². The standard InChI is InChI=1S/C16H14N2O/c1-11-7-8-15(12(2)9-11)19-16-13-5-3-4-6-14(13)17-10-18-16/h3-10H,1-2H3. The second kappa shape index (κ2) is 4.69. The summed E-state index contributed by atoms with van der Waals surface area (Å²) in [5.74, 6) is 1.42. The lowest BCUT2D eigenvalue weighted by atomic mass is 10.1. The molecule has 2 aromatic carbocycles. The van der Waals surface area contributed by atoms with Crippen LogP contribution in [-0.2, 0) is 0 Å². The largest absolute Gasteiger partial charge is 0.438 e. The third kappa shape index (κ3) is 2.27. The number of benzene rings is 2. The highest BCUT2D eigenvalue weighted by Gasteiger charge is 2.07. The molecule has 0 amide bonds. The summed E-state index contributed by atoms with van der Waals surface area (Å²) in [5.41, 5.74) is 3.21. The van der Waals surface area contributed by atoms with Gasteiger partial charge in [-0.15, -0.1) is 0 Å². The first kappa shape index (κ1) is 11.7. The van der Waals surface area contributed by atoms with Gasteiger partial charge >= 0.3 is 0 Å². The Kier molecular flexibility index (Phi) is 2.88. The molecular weight excluding hydrogens is 236 g/mol. The molecule has 1 heterocycles. The average Bonchev–Trinajstić information content (AvgIpc) is 2.42. The van der Waals surface area contributed by atoms with E-state index in [4.69, 9.17) is 4.74 Å². The van der Waals surface area contributed by atoms with Crippen molar-refractivity contribution >= 4 is 10.9 Å². The summed E-state index contributed by atoms with van der Waals surface area (Å²) in [6, 6.07) is 13.9. The Balaban J connectivity index is 2.06. The van der Waals surface area contributed by atoms with Crippen molar-refractivity contribution in [2.24, 2.45) is 0 Å². The minimum absolute atomic E-state index is 0.595. The highest BCUT2D eigenvalue weighted by Crippen LogP contribution is 2.28. The van der Waals surface area contributed by atoms with Gasteiger partial charge in [-0.3, -0.25) is 0 Å². The number of rotatable bonds is 2. The summed E-state index contributed by atoms with van der Waals surface area (Å²) >= 11 is 0. The summed E-state index contributed by atoms with van der Waals surface area (Å²) in [7, 11) is 0. The van der Waals surface area contributed by atoms with Crippen molar-refractivity contribution in [3.8, 4) is 11.6 Å². The highest BCUT2D eigenvalue weighted by molar-refractivity contribution is 5.83. The Hall–Kier alpha value is -2.42. The molecule has 0 aliphatic rings. The molecule has 0 spiro atoms. The van der Waals surface area contributed by atoms with Crippen LogP contribution in [0.2, 0.25) is 0 Å². The van der Waals surface area contributed by atoms with Gasteiger partial charge in [0.15, 0.2) is 0 Å². The molecule has 19 heavy (non-hydrogen) atoms. The Bertz CT molecular complexity index is 732. The van der Waals surface area contributed by atoms with Crippen molar-refractivity contribution < 1.29 is 4.74 Å². The molecule has 3 heteroatoms. The highest BCUT2D eigenvalue weighted by atomic mass is 16.5. The lowest BCUT2D eigenvalue weighted by Crippen LogP contribution is -1.93. The topological polar surface area (TPSA) is 35.0 Å². The van der Waals surface area contributed by atoms with E-state index in [2.05, 4.69) is 23.0 Å². The number of ether oxygens (including phenoxy) is 1. The number of hydrogen-bond acceptors (Lipinski definition) is 3. The third-order valence-corrected chi connectivity index (χ3v) is 3.04. The van der Waals surface area contributed by atoms with Gasteiger partial charge < -0.3 is 4.74 Å². The number of fused-ring (bicyclic) bond motifs is 1. The molecule has 0 fully saturated rings. The lowest BCUT2D eigenvalue weighted by Gasteiger charge is -2.10. The Morgan fingerprint density at radius 3 is 2.63 bits per heavy atom. The average molecular weight is 250 g/mol. The van der Waals surface area contributed by atoms with Crippen LogP contribution < -0.4 is 4.74 Å². The fraction of sp³-hybridized carbons (Fsp3) is 0.125. The fourth-order valence-corrected chi connectivity index (χ4v) is 2.08. The molecule has 0 radical (unpaired) electrons. The number of aromatic nitrogens is 2. The van der Waals surface area contributed by atoms with Crippen LogP contribution >= 0.6 is 0 Å². The quantitative estimate of drug-likeness (QED) is 0.688. The van der Waals surface area contributed by atoms with E-state index in [1.165, 1.54) is 11.9 Å². The molecule has 94 valence electrons. The maximum atomic E-state index is 5.93. The monoisotopic (exact) mass is 250 g/mol. The predicted octanol–water partition coefficient (Wildman–Crippen LogP) is 4.04. The van der Waals surface area contributed by atoms with Gasteiger partial charge in [-0.05, 0) is 37.6 Å². The molecule has 0 saturated heterocycles. The summed E-state index contributed by atoms with van der Waals surface area (Å²) in [6.45, 7) is 4.10. The van der Waals surface area contributed by atoms with Gasteiger partial charge in [0.25, 0.3) is 0 Å². The maximum absolute atomic E-state index is 5.93. The van der Waals surface area contributed by atoms with Crippen molar-refractivity contribution in [1.82, 2.24) is 9.97 Å². The van der Waals surface area contributed by atoms with Crippen molar-refractivity contribution in [3.63, 3.8) is 0 Å². The van der Waals surface area contributed by atoms with Crippen LogP contribution in [0.15, 0.2) is 48.8 Å². The lowest BCUT2D eigenvalue weighted by molar-refractivity contribution is 0.464. The second-order valence-corrected chi connectivity index (χ2v) is 4.57. The van der Waals surface area contributed by atoms with Crippen LogP contribution in [0.25, 0.3) is 10.9 Å². The van der Waals surface area contributed by atoms with Crippen LogP contribution in [0.3, 0.4) is 0 Å². The van der Waals surface area contributed by atoms with Gasteiger partial charge in [0.1, 0.15) is 12.1 Å². The summed E-state index contributed by atoms with van der Waals surface area (Å²) in [5, 5.41) is 0.921. The summed E-state index contributed by atoms with van der Waals surface area (Å²) in [4.78, 5) is 8.46. The van der Waals surface area contributed by atoms with Gasteiger partial charge in [0.2, 0.25) is 5.88 Å². The maximum Gasteiger partial charge on any atom is 0.230 e. The fourth-order valence-electron chi connectivity index (χ4n) is 2.08. The van der Waals surface area contributed by atoms with E-state index in [1.807, 2.05) is 43.3 Å². The van der Waals surface area contributed by atoms with E-state index < -0.39 is 0 Å². The van der Waals surface area contributed by atoms with E-state index in [-0.39, 0.29) is 0 Å². The number of hydrogen-bond donors (Lipinski definition) is 0. The molecule has 0 bridgehead atoms. The third-order valence-electron chi connectivity index (χ3n) is 3.04. The van der Waals surface area contributed by atoms with E-state index >= 15 is 0 Å². The Morgan fingerprint density at radius 1 is 0.947 bits per heavy atom. The zero-order chi connectivity index (χ0) is 13.2. The van der Waals surface area contributed by atoms with Crippen LogP contribution in [0, 0.1) is 13.8 Å². The minimum atomic E-state index is 0.595. The van der Waals surface area contributed by atoms with Crippen LogP contribution in [0.1, 0.15) is 11.1 Å². The van der Waals surface area contributed by atoms with Gasteiger partial charge in [0.05, 0.1) is 10.9 Å². The molecule has 3 aromatic rings. The second-order valence-electron chi connectivity index (χ2n) is 4.57. The molecule has 0 aliphatic carbocycles. The molecule has 0 saturated carbocycles. The Labute approximate surface area is 111 Å². The Morgan fingerprint density at radius 2 is 1.79 bits per heavy atom. The van der Waals surface area contributed by atoms with Crippen LogP contribution in [0.4, 0.5) is 0 Å². The number of para-hydroxylation sites is 1. The van der Waals surface area contributed by atoms with Crippen molar-refractivity contribution in [2.75, 3.05) is 0 Å². The molecule has 0 aliphatic heterocycles. The first-order chi connectivity index (χ1) is 9.24. The zero-order valence-corrected chi connectivity index (χ0v) is 10.9. The van der Waals surface area contributed by atoms with Crippen molar-refractivity contribution in [1.29, 1.82) is 0 Å². The van der Waals surface area contributed by atoms with Gasteiger partial charge in [-0.1, -0.05) is 29.8 Å². The first-order valence-electron chi connectivity index (χ1n) is 6.19. The predicted molar refractivity (Wildman–Crippen MR) is 75.5 cm³/mol. The molecule has 1 aromatic heterocycles. The van der Waals surface area contributed by atoms with Gasteiger partial charge in [0, 0.05) is 0 Å². The summed E-state index contributed by atoms with van der Waals surface area (Å²) < 4.78 is 5.93. The van der Waals surface area contributed by atoms with Crippen LogP contribution in [0.5, 0.6) is 11.6 Å². The SMILES string of the molecule is Cc1ccc(Oc2ncnc3ccccc23)c(C)c1. The molecule has 0 unspecified atom stereocenters. The van der Waals surface area contributed by atoms with Gasteiger partial charge in [-0.2, -0.15) is 0 Å². The molecular formula is C16H14N2O. The smallest absolute Gasteiger partial charge is 0.230 e. The van der Waals surface area contributed by atoms with E-state index in [1.54, 1.807) is 0 Å². The van der Waals surface area contributed by atoms with Gasteiger partial charge in [-0.25, -0.2) is 9.97 Å². The number of nitrogens with zero attached hydrogens (tertiary/aromatic N) is 2. The van der Waals surface area contributed by atoms with Crippen LogP contribution in [-0.4, -0.2) is 9.97 Å². The van der Waals surface area contributed by atoms with E-state index in [9.17, 15) is 0 Å². The first-order valence-corrected chi connectivity index (χ1v) is 6.19. The minimum Gasteiger partial charge on any atom is -0.438 e. The van der Waals surface area contributed by atoms with E-state index in [0.717, 1.165) is 22.2 Å².